The van der Waals surface area contributed by atoms with Crippen LogP contribution in [-0.2, 0) is 0 Å². The number of carbonyl (C=O) groups is 1. The minimum Gasteiger partial charge on any atom is -0.382 e. The number of aromatic nitrogens is 2. The first-order chi connectivity index (χ1) is 8.15. The fraction of sp³-hybridized carbons (Fsp3) is 0.667. The molecule has 5 nitrogen and oxygen atoms in total. The maximum absolute atomic E-state index is 11.7. The summed E-state index contributed by atoms with van der Waals surface area (Å²) in [6, 6.07) is 1.55. The van der Waals surface area contributed by atoms with E-state index in [-0.39, 0.29) is 5.91 Å². The normalized spacial score (nSPS) is 24.5. The molecule has 94 valence electrons. The molecule has 0 unspecified atom stereocenters. The number of nitrogens with zero attached hydrogens (tertiary/aromatic N) is 1. The fourth-order valence-corrected chi connectivity index (χ4v) is 2.32. The van der Waals surface area contributed by atoms with Gasteiger partial charge in [-0.25, -0.2) is 0 Å². The van der Waals surface area contributed by atoms with Crippen molar-refractivity contribution in [2.75, 3.05) is 12.3 Å². The number of anilines is 1. The van der Waals surface area contributed by atoms with Gasteiger partial charge in [0.1, 0.15) is 11.5 Å². The van der Waals surface area contributed by atoms with Crippen molar-refractivity contribution < 1.29 is 4.79 Å². The highest BCUT2D eigenvalue weighted by molar-refractivity contribution is 5.92. The van der Waals surface area contributed by atoms with E-state index in [2.05, 4.69) is 22.4 Å². The van der Waals surface area contributed by atoms with Crippen LogP contribution in [0.4, 0.5) is 5.82 Å². The molecule has 1 aliphatic carbocycles. The lowest BCUT2D eigenvalue weighted by Gasteiger charge is -2.26. The summed E-state index contributed by atoms with van der Waals surface area (Å²) in [5.74, 6) is 1.69. The summed E-state index contributed by atoms with van der Waals surface area (Å²) in [5.41, 5.74) is 5.88. The highest BCUT2D eigenvalue weighted by Crippen LogP contribution is 2.27. The number of nitrogens with one attached hydrogen (secondary N) is 2. The second-order valence-corrected chi connectivity index (χ2v) is 5.04. The van der Waals surface area contributed by atoms with Crippen LogP contribution in [0.3, 0.4) is 0 Å². The Kier molecular flexibility index (Phi) is 3.66. The summed E-state index contributed by atoms with van der Waals surface area (Å²) in [7, 11) is 0. The highest BCUT2D eigenvalue weighted by atomic mass is 16.1. The van der Waals surface area contributed by atoms with E-state index in [4.69, 9.17) is 5.73 Å². The molecule has 0 bridgehead atoms. The molecule has 0 spiro atoms. The molecule has 1 aromatic heterocycles. The number of carbonyl (C=O) groups excluding carboxylic acids is 1. The van der Waals surface area contributed by atoms with Gasteiger partial charge in [-0.05, 0) is 24.7 Å². The smallest absolute Gasteiger partial charge is 0.269 e. The zero-order chi connectivity index (χ0) is 12.3. The summed E-state index contributed by atoms with van der Waals surface area (Å²) in [6.07, 6.45) is 4.98. The number of nitrogen functional groups attached to an aromatic ring is 1. The van der Waals surface area contributed by atoms with E-state index < -0.39 is 0 Å². The average molecular weight is 236 g/mol. The molecule has 4 N–H and O–H groups in total. The molecule has 1 fully saturated rings. The molecule has 1 aliphatic rings. The van der Waals surface area contributed by atoms with Crippen molar-refractivity contribution in [2.45, 2.75) is 32.6 Å². The van der Waals surface area contributed by atoms with Crippen LogP contribution in [-0.4, -0.2) is 22.6 Å². The van der Waals surface area contributed by atoms with E-state index in [9.17, 15) is 4.79 Å². The molecule has 0 radical (unpaired) electrons. The number of hydrogen-bond donors (Lipinski definition) is 3. The molecule has 0 aliphatic heterocycles. The Morgan fingerprint density at radius 2 is 2.24 bits per heavy atom. The van der Waals surface area contributed by atoms with Gasteiger partial charge in [0.05, 0.1) is 0 Å². The van der Waals surface area contributed by atoms with Crippen molar-refractivity contribution in [1.29, 1.82) is 0 Å². The Balaban J connectivity index is 1.76. The first kappa shape index (κ1) is 12.0. The van der Waals surface area contributed by atoms with Crippen molar-refractivity contribution in [1.82, 2.24) is 15.5 Å². The number of rotatable bonds is 3. The Morgan fingerprint density at radius 3 is 2.82 bits per heavy atom. The molecule has 17 heavy (non-hydrogen) atoms. The van der Waals surface area contributed by atoms with Gasteiger partial charge in [0.2, 0.25) is 0 Å². The standard InChI is InChI=1S/C12H20N4O/c1-8-2-4-9(5-3-8)7-14-12(17)10-6-11(13)16-15-10/h6,8-9H,2-5,7H2,1H3,(H,14,17)(H3,13,15,16). The van der Waals surface area contributed by atoms with E-state index in [1.807, 2.05) is 0 Å². The molecular weight excluding hydrogens is 216 g/mol. The van der Waals surface area contributed by atoms with Crippen molar-refractivity contribution in [3.8, 4) is 0 Å². The maximum Gasteiger partial charge on any atom is 0.269 e. The van der Waals surface area contributed by atoms with Crippen LogP contribution in [0.15, 0.2) is 6.07 Å². The molecule has 0 aromatic carbocycles. The Bertz CT molecular complexity index is 380. The van der Waals surface area contributed by atoms with Crippen LogP contribution in [0.1, 0.15) is 43.1 Å². The van der Waals surface area contributed by atoms with Gasteiger partial charge in [0.25, 0.3) is 5.91 Å². The molecular formula is C12H20N4O. The molecule has 1 saturated carbocycles. The molecule has 0 atom stereocenters. The summed E-state index contributed by atoms with van der Waals surface area (Å²) in [5, 5.41) is 9.28. The van der Waals surface area contributed by atoms with Crippen LogP contribution in [0, 0.1) is 11.8 Å². The van der Waals surface area contributed by atoms with Crippen molar-refractivity contribution in [3.05, 3.63) is 11.8 Å². The molecule has 1 amide bonds. The minimum absolute atomic E-state index is 0.118. The fourth-order valence-electron chi connectivity index (χ4n) is 2.32. The van der Waals surface area contributed by atoms with Gasteiger partial charge in [0.15, 0.2) is 0 Å². The first-order valence-electron chi connectivity index (χ1n) is 6.24. The van der Waals surface area contributed by atoms with E-state index in [0.29, 0.717) is 17.4 Å². The van der Waals surface area contributed by atoms with E-state index in [1.165, 1.54) is 25.7 Å². The quantitative estimate of drug-likeness (QED) is 0.744. The summed E-state index contributed by atoms with van der Waals surface area (Å²) >= 11 is 0. The van der Waals surface area contributed by atoms with Crippen LogP contribution in [0.5, 0.6) is 0 Å². The van der Waals surface area contributed by atoms with Crippen molar-refractivity contribution in [2.24, 2.45) is 11.8 Å². The first-order valence-corrected chi connectivity index (χ1v) is 6.24. The number of H-pyrrole nitrogens is 1. The van der Waals surface area contributed by atoms with Gasteiger partial charge in [-0.1, -0.05) is 19.8 Å². The second kappa shape index (κ2) is 5.21. The molecule has 0 saturated heterocycles. The topological polar surface area (TPSA) is 83.8 Å². The SMILES string of the molecule is CC1CCC(CNC(=O)c2cc(N)n[nH]2)CC1. The highest BCUT2D eigenvalue weighted by Gasteiger charge is 2.19. The zero-order valence-corrected chi connectivity index (χ0v) is 10.2. The van der Waals surface area contributed by atoms with Gasteiger partial charge in [-0.3, -0.25) is 9.89 Å². The Labute approximate surface area is 101 Å². The van der Waals surface area contributed by atoms with Crippen LogP contribution < -0.4 is 11.1 Å². The summed E-state index contributed by atoms with van der Waals surface area (Å²) in [6.45, 7) is 3.05. The monoisotopic (exact) mass is 236 g/mol. The minimum atomic E-state index is -0.118. The van der Waals surface area contributed by atoms with E-state index in [0.717, 1.165) is 12.5 Å². The van der Waals surface area contributed by atoms with Gasteiger partial charge >= 0.3 is 0 Å². The van der Waals surface area contributed by atoms with Crippen molar-refractivity contribution >= 4 is 11.7 Å². The molecule has 1 heterocycles. The number of amides is 1. The lowest BCUT2D eigenvalue weighted by atomic mass is 9.83. The molecule has 1 aromatic rings. The number of nitrogens with two attached hydrogens (primary N) is 1. The van der Waals surface area contributed by atoms with E-state index in [1.54, 1.807) is 6.07 Å². The number of hydrogen-bond acceptors (Lipinski definition) is 3. The van der Waals surface area contributed by atoms with Crippen LogP contribution in [0.2, 0.25) is 0 Å². The summed E-state index contributed by atoms with van der Waals surface area (Å²) < 4.78 is 0. The molecule has 5 heteroatoms. The van der Waals surface area contributed by atoms with Crippen LogP contribution >= 0.6 is 0 Å². The summed E-state index contributed by atoms with van der Waals surface area (Å²) in [4.78, 5) is 11.7. The molecule has 2 rings (SSSR count). The van der Waals surface area contributed by atoms with Crippen molar-refractivity contribution in [3.63, 3.8) is 0 Å². The third-order valence-electron chi connectivity index (χ3n) is 3.53. The Morgan fingerprint density at radius 1 is 1.53 bits per heavy atom. The Hall–Kier alpha value is -1.52. The maximum atomic E-state index is 11.7. The largest absolute Gasteiger partial charge is 0.382 e. The lowest BCUT2D eigenvalue weighted by Crippen LogP contribution is -2.31. The average Bonchev–Trinajstić information content (AvgIpc) is 2.75. The van der Waals surface area contributed by atoms with Crippen LogP contribution in [0.25, 0.3) is 0 Å². The van der Waals surface area contributed by atoms with E-state index >= 15 is 0 Å². The number of aromatic amines is 1. The zero-order valence-electron chi connectivity index (χ0n) is 10.2. The van der Waals surface area contributed by atoms with Gasteiger partial charge < -0.3 is 11.1 Å². The predicted molar refractivity (Wildman–Crippen MR) is 66.5 cm³/mol. The van der Waals surface area contributed by atoms with Gasteiger partial charge in [-0.15, -0.1) is 0 Å². The van der Waals surface area contributed by atoms with Gasteiger partial charge in [0, 0.05) is 12.6 Å². The predicted octanol–water partition coefficient (Wildman–Crippen LogP) is 1.55. The third-order valence-corrected chi connectivity index (χ3v) is 3.53. The lowest BCUT2D eigenvalue weighted by molar-refractivity contribution is 0.0937. The van der Waals surface area contributed by atoms with Gasteiger partial charge in [-0.2, -0.15) is 5.10 Å². The second-order valence-electron chi connectivity index (χ2n) is 5.04. The third kappa shape index (κ3) is 3.22.